The van der Waals surface area contributed by atoms with E-state index >= 15 is 0 Å². The Bertz CT molecular complexity index is 165. The highest BCUT2D eigenvalue weighted by Crippen LogP contribution is 2.08. The van der Waals surface area contributed by atoms with E-state index in [1.807, 2.05) is 17.1 Å². The molecule has 62 valence electrons. The first kappa shape index (κ1) is 8.27. The van der Waals surface area contributed by atoms with Crippen molar-refractivity contribution in [1.29, 1.82) is 0 Å². The highest BCUT2D eigenvalue weighted by atomic mass is 16.2. The van der Waals surface area contributed by atoms with E-state index in [9.17, 15) is 4.79 Å². The quantitative estimate of drug-likeness (QED) is 0.587. The fourth-order valence-electron chi connectivity index (χ4n) is 1.20. The summed E-state index contributed by atoms with van der Waals surface area (Å²) in [6.45, 7) is 2.20. The molecule has 0 saturated carbocycles. The second-order valence-electron chi connectivity index (χ2n) is 2.65. The predicted molar refractivity (Wildman–Crippen MR) is 44.0 cm³/mol. The average Bonchev–Trinajstić information content (AvgIpc) is 2.37. The minimum atomic E-state index is 0.270. The van der Waals surface area contributed by atoms with Gasteiger partial charge >= 0.3 is 0 Å². The molecule has 0 atom stereocenters. The van der Waals surface area contributed by atoms with Crippen molar-refractivity contribution in [2.45, 2.75) is 12.8 Å². The number of likely N-dealkylation sites (tertiary alicyclic amines) is 1. The Kier molecular flexibility index (Phi) is 3.11. The van der Waals surface area contributed by atoms with E-state index in [0.717, 1.165) is 25.9 Å². The summed E-state index contributed by atoms with van der Waals surface area (Å²) in [6.07, 6.45) is 5.56. The van der Waals surface area contributed by atoms with E-state index in [1.165, 1.54) is 0 Å². The molecule has 11 heavy (non-hydrogen) atoms. The summed E-state index contributed by atoms with van der Waals surface area (Å²) in [6, 6.07) is 0. The molecule has 0 aromatic heterocycles. The number of amides is 1. The van der Waals surface area contributed by atoms with Crippen LogP contribution in [0.4, 0.5) is 0 Å². The SMILES string of the molecule is NC/C=C/CN1CCCC1=O. The van der Waals surface area contributed by atoms with Gasteiger partial charge in [-0.2, -0.15) is 0 Å². The second kappa shape index (κ2) is 4.13. The smallest absolute Gasteiger partial charge is 0.222 e. The van der Waals surface area contributed by atoms with E-state index in [-0.39, 0.29) is 5.91 Å². The van der Waals surface area contributed by atoms with E-state index in [4.69, 9.17) is 5.73 Å². The van der Waals surface area contributed by atoms with Crippen LogP contribution in [0.25, 0.3) is 0 Å². The monoisotopic (exact) mass is 154 g/mol. The Morgan fingerprint density at radius 1 is 1.55 bits per heavy atom. The Hall–Kier alpha value is -0.830. The molecular formula is C8H14N2O. The lowest BCUT2D eigenvalue weighted by Crippen LogP contribution is -2.24. The van der Waals surface area contributed by atoms with Crippen molar-refractivity contribution in [2.75, 3.05) is 19.6 Å². The first-order valence-corrected chi connectivity index (χ1v) is 3.97. The van der Waals surface area contributed by atoms with Gasteiger partial charge in [-0.3, -0.25) is 4.79 Å². The van der Waals surface area contributed by atoms with Crippen molar-refractivity contribution in [2.24, 2.45) is 5.73 Å². The van der Waals surface area contributed by atoms with Crippen LogP contribution in [0.3, 0.4) is 0 Å². The van der Waals surface area contributed by atoms with Crippen LogP contribution in [0, 0.1) is 0 Å². The van der Waals surface area contributed by atoms with Gasteiger partial charge in [-0.15, -0.1) is 0 Å². The van der Waals surface area contributed by atoms with Gasteiger partial charge in [-0.1, -0.05) is 12.2 Å². The first-order valence-electron chi connectivity index (χ1n) is 3.97. The van der Waals surface area contributed by atoms with Gasteiger partial charge in [-0.25, -0.2) is 0 Å². The number of nitrogens with two attached hydrogens (primary N) is 1. The molecule has 0 spiro atoms. The maximum atomic E-state index is 11.0. The van der Waals surface area contributed by atoms with E-state index < -0.39 is 0 Å². The summed E-state index contributed by atoms with van der Waals surface area (Å²) in [5.74, 6) is 0.270. The minimum absolute atomic E-state index is 0.270. The van der Waals surface area contributed by atoms with Crippen LogP contribution in [-0.4, -0.2) is 30.4 Å². The van der Waals surface area contributed by atoms with Crippen LogP contribution in [0.5, 0.6) is 0 Å². The molecule has 1 heterocycles. The van der Waals surface area contributed by atoms with Gasteiger partial charge in [0.15, 0.2) is 0 Å². The number of hydrogen-bond acceptors (Lipinski definition) is 2. The molecule has 3 heteroatoms. The summed E-state index contributed by atoms with van der Waals surface area (Å²) in [5, 5.41) is 0. The summed E-state index contributed by atoms with van der Waals surface area (Å²) >= 11 is 0. The van der Waals surface area contributed by atoms with Gasteiger partial charge in [0.25, 0.3) is 0 Å². The summed E-state index contributed by atoms with van der Waals surface area (Å²) in [4.78, 5) is 12.9. The molecule has 0 radical (unpaired) electrons. The van der Waals surface area contributed by atoms with Crippen LogP contribution in [-0.2, 0) is 4.79 Å². The van der Waals surface area contributed by atoms with Gasteiger partial charge < -0.3 is 10.6 Å². The normalized spacial score (nSPS) is 18.6. The molecule has 1 fully saturated rings. The Balaban J connectivity index is 2.25. The van der Waals surface area contributed by atoms with Crippen molar-refractivity contribution < 1.29 is 4.79 Å². The van der Waals surface area contributed by atoms with Crippen molar-refractivity contribution in [3.05, 3.63) is 12.2 Å². The zero-order chi connectivity index (χ0) is 8.10. The molecule has 0 aromatic carbocycles. The van der Waals surface area contributed by atoms with Crippen LogP contribution in [0.15, 0.2) is 12.2 Å². The largest absolute Gasteiger partial charge is 0.339 e. The summed E-state index contributed by atoms with van der Waals surface area (Å²) in [5.41, 5.74) is 5.26. The van der Waals surface area contributed by atoms with Crippen molar-refractivity contribution in [3.8, 4) is 0 Å². The van der Waals surface area contributed by atoms with Gasteiger partial charge in [0.1, 0.15) is 0 Å². The summed E-state index contributed by atoms with van der Waals surface area (Å²) in [7, 11) is 0. The maximum Gasteiger partial charge on any atom is 0.222 e. The Labute approximate surface area is 66.9 Å². The topological polar surface area (TPSA) is 46.3 Å². The molecule has 1 amide bonds. The number of hydrogen-bond donors (Lipinski definition) is 1. The highest BCUT2D eigenvalue weighted by molar-refractivity contribution is 5.78. The Morgan fingerprint density at radius 3 is 2.91 bits per heavy atom. The summed E-state index contributed by atoms with van der Waals surface area (Å²) < 4.78 is 0. The molecule has 2 N–H and O–H groups in total. The van der Waals surface area contributed by atoms with E-state index in [0.29, 0.717) is 6.54 Å². The van der Waals surface area contributed by atoms with Gasteiger partial charge in [-0.05, 0) is 6.42 Å². The lowest BCUT2D eigenvalue weighted by Gasteiger charge is -2.11. The second-order valence-corrected chi connectivity index (χ2v) is 2.65. The molecule has 1 rings (SSSR count). The van der Waals surface area contributed by atoms with Crippen molar-refractivity contribution >= 4 is 5.91 Å². The highest BCUT2D eigenvalue weighted by Gasteiger charge is 2.17. The van der Waals surface area contributed by atoms with E-state index in [2.05, 4.69) is 0 Å². The number of carbonyl (C=O) groups excluding carboxylic acids is 1. The molecule has 1 aliphatic heterocycles. The van der Waals surface area contributed by atoms with Crippen LogP contribution in [0.1, 0.15) is 12.8 Å². The lowest BCUT2D eigenvalue weighted by molar-refractivity contribution is -0.127. The Morgan fingerprint density at radius 2 is 2.36 bits per heavy atom. The third-order valence-electron chi connectivity index (χ3n) is 1.80. The minimum Gasteiger partial charge on any atom is -0.339 e. The van der Waals surface area contributed by atoms with Gasteiger partial charge in [0.05, 0.1) is 0 Å². The van der Waals surface area contributed by atoms with Gasteiger partial charge in [0, 0.05) is 26.1 Å². The molecule has 0 unspecified atom stereocenters. The number of carbonyl (C=O) groups is 1. The standard InChI is InChI=1S/C8H14N2O/c9-5-1-2-6-10-7-3-4-8(10)11/h1-2H,3-7,9H2/b2-1+. The number of rotatable bonds is 3. The fraction of sp³-hybridized carbons (Fsp3) is 0.625. The molecule has 3 nitrogen and oxygen atoms in total. The van der Waals surface area contributed by atoms with E-state index in [1.54, 1.807) is 0 Å². The molecule has 1 saturated heterocycles. The maximum absolute atomic E-state index is 11.0. The average molecular weight is 154 g/mol. The van der Waals surface area contributed by atoms with Crippen LogP contribution in [0.2, 0.25) is 0 Å². The lowest BCUT2D eigenvalue weighted by atomic mass is 10.4. The molecule has 0 aromatic rings. The van der Waals surface area contributed by atoms with Crippen LogP contribution < -0.4 is 5.73 Å². The third kappa shape index (κ3) is 2.35. The number of nitrogens with zero attached hydrogens (tertiary/aromatic N) is 1. The zero-order valence-corrected chi connectivity index (χ0v) is 6.62. The van der Waals surface area contributed by atoms with Crippen molar-refractivity contribution in [3.63, 3.8) is 0 Å². The predicted octanol–water partition coefficient (Wildman–Crippen LogP) is 0.124. The molecule has 1 aliphatic rings. The van der Waals surface area contributed by atoms with Crippen molar-refractivity contribution in [1.82, 2.24) is 4.90 Å². The first-order chi connectivity index (χ1) is 5.34. The molecular weight excluding hydrogens is 140 g/mol. The molecule has 0 aliphatic carbocycles. The zero-order valence-electron chi connectivity index (χ0n) is 6.62. The van der Waals surface area contributed by atoms with Gasteiger partial charge in [0.2, 0.25) is 5.91 Å². The van der Waals surface area contributed by atoms with Crippen LogP contribution >= 0.6 is 0 Å². The third-order valence-corrected chi connectivity index (χ3v) is 1.80. The molecule has 0 bridgehead atoms. The fourth-order valence-corrected chi connectivity index (χ4v) is 1.20.